The predicted octanol–water partition coefficient (Wildman–Crippen LogP) is 3.51. The molecule has 0 saturated carbocycles. The number of benzene rings is 2. The zero-order valence-corrected chi connectivity index (χ0v) is 23.6. The molecule has 2 aromatic rings. The van der Waals surface area contributed by atoms with Gasteiger partial charge in [0.05, 0.1) is 30.7 Å². The molecule has 0 amide bonds. The van der Waals surface area contributed by atoms with Crippen LogP contribution in [0.3, 0.4) is 0 Å². The van der Waals surface area contributed by atoms with Crippen LogP contribution in [0.4, 0.5) is 5.69 Å². The zero-order chi connectivity index (χ0) is 27.5. The van der Waals surface area contributed by atoms with E-state index >= 15 is 0 Å². The Labute approximate surface area is 224 Å². The summed E-state index contributed by atoms with van der Waals surface area (Å²) in [6.07, 6.45) is 1.46. The number of hydrogen-bond acceptors (Lipinski definition) is 7. The lowest BCUT2D eigenvalue weighted by molar-refractivity contribution is -0.143. The van der Waals surface area contributed by atoms with Gasteiger partial charge in [0, 0.05) is 36.2 Å². The molecular formula is C28H35N3O6S. The van der Waals surface area contributed by atoms with Crippen molar-refractivity contribution in [2.24, 2.45) is 4.99 Å². The lowest BCUT2D eigenvalue weighted by Gasteiger charge is -2.31. The molecule has 204 valence electrons. The highest BCUT2D eigenvalue weighted by atomic mass is 32.2. The van der Waals surface area contributed by atoms with Crippen molar-refractivity contribution < 1.29 is 27.4 Å². The quantitative estimate of drug-likeness (QED) is 0.519. The van der Waals surface area contributed by atoms with Crippen molar-refractivity contribution >= 4 is 27.6 Å². The van der Waals surface area contributed by atoms with Gasteiger partial charge in [-0.15, -0.1) is 0 Å². The van der Waals surface area contributed by atoms with Crippen LogP contribution in [0.1, 0.15) is 56.9 Å². The second-order valence-corrected chi connectivity index (χ2v) is 13.0. The highest BCUT2D eigenvalue weighted by Crippen LogP contribution is 2.48. The molecule has 0 aromatic heterocycles. The number of carbonyl (C=O) groups is 1. The molecule has 5 rings (SSSR count). The number of hydrogen-bond donors (Lipinski definition) is 0. The van der Waals surface area contributed by atoms with E-state index in [1.54, 1.807) is 20.1 Å². The monoisotopic (exact) mass is 541 g/mol. The van der Waals surface area contributed by atoms with Gasteiger partial charge in [-0.1, -0.05) is 12.1 Å². The van der Waals surface area contributed by atoms with Crippen molar-refractivity contribution in [1.29, 1.82) is 0 Å². The van der Waals surface area contributed by atoms with Gasteiger partial charge in [0.15, 0.2) is 11.5 Å². The van der Waals surface area contributed by atoms with Crippen LogP contribution in [-0.4, -0.2) is 68.9 Å². The largest absolute Gasteiger partial charge is 0.493 e. The number of nitrogens with zero attached hydrogens (tertiary/aromatic N) is 3. The molecule has 3 aliphatic heterocycles. The fourth-order valence-corrected chi connectivity index (χ4v) is 7.14. The summed E-state index contributed by atoms with van der Waals surface area (Å²) in [5.74, 6) is 0.910. The van der Waals surface area contributed by atoms with Gasteiger partial charge in [0.2, 0.25) is 0 Å². The van der Waals surface area contributed by atoms with Crippen molar-refractivity contribution in [2.45, 2.75) is 58.6 Å². The van der Waals surface area contributed by atoms with E-state index in [1.807, 2.05) is 24.3 Å². The first-order valence-electron chi connectivity index (χ1n) is 12.9. The Kier molecular flexibility index (Phi) is 6.46. The molecule has 38 heavy (non-hydrogen) atoms. The van der Waals surface area contributed by atoms with E-state index in [9.17, 15) is 13.2 Å². The van der Waals surface area contributed by atoms with Crippen molar-refractivity contribution in [3.63, 3.8) is 0 Å². The summed E-state index contributed by atoms with van der Waals surface area (Å²) >= 11 is 0. The summed E-state index contributed by atoms with van der Waals surface area (Å²) in [7, 11) is -2.21. The third-order valence-corrected chi connectivity index (χ3v) is 8.99. The molecule has 1 fully saturated rings. The van der Waals surface area contributed by atoms with E-state index in [-0.39, 0.29) is 37.4 Å². The fourth-order valence-electron chi connectivity index (χ4n) is 5.58. The summed E-state index contributed by atoms with van der Waals surface area (Å²) in [5, 5.41) is 0. The van der Waals surface area contributed by atoms with Crippen LogP contribution in [0.25, 0.3) is 0 Å². The molecule has 0 aliphatic carbocycles. The second-order valence-electron chi connectivity index (χ2n) is 11.2. The van der Waals surface area contributed by atoms with Crippen molar-refractivity contribution in [2.75, 3.05) is 37.7 Å². The van der Waals surface area contributed by atoms with Gasteiger partial charge in [-0.3, -0.25) is 14.1 Å². The zero-order valence-electron chi connectivity index (χ0n) is 22.8. The molecule has 3 heterocycles. The van der Waals surface area contributed by atoms with E-state index in [0.29, 0.717) is 12.1 Å². The third-order valence-electron chi connectivity index (χ3n) is 7.08. The maximum Gasteiger partial charge on any atom is 0.321 e. The highest BCUT2D eigenvalue weighted by molar-refractivity contribution is 7.90. The molecule has 0 atom stereocenters. The lowest BCUT2D eigenvalue weighted by Crippen LogP contribution is -2.37. The normalized spacial score (nSPS) is 20.8. The summed E-state index contributed by atoms with van der Waals surface area (Å²) in [6, 6.07) is 9.50. The standard InChI is InChI=1S/C28H35N3O6S/c1-7-36-23(32)17-30-11-12-31(38(30,33)34)20-10-8-9-18(13-20)25-24-19(15-27(2,3)29-25)14-22(35-6)26-21(24)16-28(4,5)37-26/h8-10,13-14H,7,11-12,15-17H2,1-6H3. The molecule has 1 saturated heterocycles. The van der Waals surface area contributed by atoms with E-state index in [4.69, 9.17) is 19.2 Å². The number of methoxy groups -OCH3 is 1. The number of ether oxygens (including phenoxy) is 3. The number of aliphatic imine (C=N–C) groups is 1. The van der Waals surface area contributed by atoms with E-state index in [2.05, 4.69) is 27.7 Å². The Bertz CT molecular complexity index is 1430. The molecule has 9 nitrogen and oxygen atoms in total. The summed E-state index contributed by atoms with van der Waals surface area (Å²) < 4.78 is 46.1. The van der Waals surface area contributed by atoms with Crippen LogP contribution >= 0.6 is 0 Å². The summed E-state index contributed by atoms with van der Waals surface area (Å²) in [4.78, 5) is 17.1. The average Bonchev–Trinajstić information content (AvgIpc) is 3.31. The topological polar surface area (TPSA) is 97.7 Å². The molecule has 0 radical (unpaired) electrons. The minimum Gasteiger partial charge on any atom is -0.493 e. The molecule has 0 unspecified atom stereocenters. The summed E-state index contributed by atoms with van der Waals surface area (Å²) in [6.45, 7) is 10.4. The van der Waals surface area contributed by atoms with Crippen molar-refractivity contribution in [3.05, 3.63) is 52.6 Å². The van der Waals surface area contributed by atoms with Gasteiger partial charge in [-0.05, 0) is 64.8 Å². The van der Waals surface area contributed by atoms with Crippen LogP contribution < -0.4 is 13.8 Å². The van der Waals surface area contributed by atoms with E-state index in [0.717, 1.165) is 50.2 Å². The van der Waals surface area contributed by atoms with Gasteiger partial charge < -0.3 is 14.2 Å². The molecule has 10 heteroatoms. The first-order chi connectivity index (χ1) is 17.8. The molecular weight excluding hydrogens is 506 g/mol. The molecule has 0 bridgehead atoms. The Morgan fingerprint density at radius 2 is 1.89 bits per heavy atom. The average molecular weight is 542 g/mol. The van der Waals surface area contributed by atoms with Crippen LogP contribution in [0.5, 0.6) is 11.5 Å². The SMILES string of the molecule is CCOC(=O)CN1CCN(c2cccc(C3=NC(C)(C)Cc4cc(OC)c5c(c43)CC(C)(C)O5)c2)S1(=O)=O. The second kappa shape index (κ2) is 9.27. The van der Waals surface area contributed by atoms with Crippen LogP contribution in [0.15, 0.2) is 35.3 Å². The molecule has 2 aromatic carbocycles. The first-order valence-corrected chi connectivity index (χ1v) is 14.3. The number of fused-ring (bicyclic) bond motifs is 3. The first kappa shape index (κ1) is 26.5. The number of carbonyl (C=O) groups excluding carboxylic acids is 1. The number of rotatable bonds is 6. The fraction of sp³-hybridized carbons (Fsp3) is 0.500. The van der Waals surface area contributed by atoms with Gasteiger partial charge in [-0.2, -0.15) is 12.7 Å². The van der Waals surface area contributed by atoms with E-state index in [1.165, 1.54) is 4.31 Å². The van der Waals surface area contributed by atoms with Gasteiger partial charge in [0.1, 0.15) is 12.1 Å². The third kappa shape index (κ3) is 4.64. The molecule has 3 aliphatic rings. The maximum absolute atomic E-state index is 13.3. The molecule has 0 spiro atoms. The Morgan fingerprint density at radius 3 is 2.61 bits per heavy atom. The summed E-state index contributed by atoms with van der Waals surface area (Å²) in [5.41, 5.74) is 4.68. The van der Waals surface area contributed by atoms with Crippen LogP contribution in [0.2, 0.25) is 0 Å². The molecule has 0 N–H and O–H groups in total. The van der Waals surface area contributed by atoms with Gasteiger partial charge in [0.25, 0.3) is 0 Å². The van der Waals surface area contributed by atoms with Crippen LogP contribution in [0, 0.1) is 0 Å². The minimum absolute atomic E-state index is 0.205. The maximum atomic E-state index is 13.3. The van der Waals surface area contributed by atoms with Crippen LogP contribution in [-0.2, 0) is 32.6 Å². The van der Waals surface area contributed by atoms with Crippen molar-refractivity contribution in [3.8, 4) is 11.5 Å². The Morgan fingerprint density at radius 1 is 1.13 bits per heavy atom. The number of esters is 1. The van der Waals surface area contributed by atoms with E-state index < -0.39 is 16.2 Å². The smallest absolute Gasteiger partial charge is 0.321 e. The lowest BCUT2D eigenvalue weighted by atomic mass is 9.81. The number of anilines is 1. The predicted molar refractivity (Wildman–Crippen MR) is 146 cm³/mol. The van der Waals surface area contributed by atoms with Gasteiger partial charge >= 0.3 is 16.2 Å². The Balaban J connectivity index is 1.56. The Hall–Kier alpha value is -3.11. The minimum atomic E-state index is -3.87. The van der Waals surface area contributed by atoms with Gasteiger partial charge in [-0.25, -0.2) is 0 Å². The van der Waals surface area contributed by atoms with Crippen molar-refractivity contribution in [1.82, 2.24) is 4.31 Å². The highest BCUT2D eigenvalue weighted by Gasteiger charge is 2.41.